The number of rotatable bonds is 2. The fourth-order valence-electron chi connectivity index (χ4n) is 1.61. The van der Waals surface area contributed by atoms with Gasteiger partial charge in [0, 0.05) is 6.20 Å². The fourth-order valence-corrected chi connectivity index (χ4v) is 1.61. The highest BCUT2D eigenvalue weighted by Gasteiger charge is 2.21. The highest BCUT2D eigenvalue weighted by molar-refractivity contribution is 6.12. The van der Waals surface area contributed by atoms with Crippen LogP contribution in [-0.4, -0.2) is 10.8 Å². The summed E-state index contributed by atoms with van der Waals surface area (Å²) in [6, 6.07) is 4.70. The third kappa shape index (κ3) is 2.07. The lowest BCUT2D eigenvalue weighted by Gasteiger charge is -2.07. The molecular formula is C13H10F2N2O. The van der Waals surface area contributed by atoms with Gasteiger partial charge in [0.2, 0.25) is 5.78 Å². The van der Waals surface area contributed by atoms with Gasteiger partial charge in [0.1, 0.15) is 17.5 Å². The summed E-state index contributed by atoms with van der Waals surface area (Å²) >= 11 is 0. The maximum atomic E-state index is 13.5. The number of aromatic nitrogens is 1. The van der Waals surface area contributed by atoms with E-state index in [1.165, 1.54) is 18.3 Å². The summed E-state index contributed by atoms with van der Waals surface area (Å²) in [7, 11) is 0. The molecule has 0 aliphatic carbocycles. The zero-order chi connectivity index (χ0) is 13.3. The van der Waals surface area contributed by atoms with E-state index in [1.807, 2.05) is 0 Å². The number of pyridine rings is 1. The van der Waals surface area contributed by atoms with E-state index < -0.39 is 23.0 Å². The van der Waals surface area contributed by atoms with Crippen molar-refractivity contribution in [3.8, 4) is 0 Å². The Morgan fingerprint density at radius 2 is 1.89 bits per heavy atom. The van der Waals surface area contributed by atoms with Crippen LogP contribution in [0, 0.1) is 18.6 Å². The SMILES string of the molecule is Cc1cnc(N)c(C(=O)c2c(F)cccc2F)c1. The first kappa shape index (κ1) is 12.2. The summed E-state index contributed by atoms with van der Waals surface area (Å²) in [6.07, 6.45) is 1.48. The molecule has 0 atom stereocenters. The molecular weight excluding hydrogens is 238 g/mol. The van der Waals surface area contributed by atoms with Gasteiger partial charge in [-0.15, -0.1) is 0 Å². The number of ketones is 1. The van der Waals surface area contributed by atoms with Gasteiger partial charge in [0.05, 0.1) is 11.1 Å². The molecule has 3 nitrogen and oxygen atoms in total. The first-order valence-corrected chi connectivity index (χ1v) is 5.21. The van der Waals surface area contributed by atoms with Gasteiger partial charge in [-0.25, -0.2) is 13.8 Å². The zero-order valence-corrected chi connectivity index (χ0v) is 9.58. The molecule has 5 heteroatoms. The van der Waals surface area contributed by atoms with E-state index in [9.17, 15) is 13.6 Å². The second-order valence-corrected chi connectivity index (χ2v) is 3.87. The van der Waals surface area contributed by atoms with Crippen molar-refractivity contribution < 1.29 is 13.6 Å². The van der Waals surface area contributed by atoms with Crippen molar-refractivity contribution >= 4 is 11.6 Å². The quantitative estimate of drug-likeness (QED) is 0.830. The molecule has 2 aromatic rings. The number of hydrogen-bond donors (Lipinski definition) is 1. The number of carbonyl (C=O) groups is 1. The van der Waals surface area contributed by atoms with Gasteiger partial charge < -0.3 is 5.73 Å². The number of aryl methyl sites for hydroxylation is 1. The molecule has 0 bridgehead atoms. The van der Waals surface area contributed by atoms with Crippen LogP contribution in [0.1, 0.15) is 21.5 Å². The van der Waals surface area contributed by atoms with Crippen LogP contribution in [0.3, 0.4) is 0 Å². The number of nitrogen functional groups attached to an aromatic ring is 1. The maximum Gasteiger partial charge on any atom is 0.202 e. The molecule has 0 aliphatic heterocycles. The minimum atomic E-state index is -0.916. The van der Waals surface area contributed by atoms with E-state index in [4.69, 9.17) is 5.73 Å². The largest absolute Gasteiger partial charge is 0.383 e. The minimum absolute atomic E-state index is 0.000926. The molecule has 0 saturated carbocycles. The average molecular weight is 248 g/mol. The third-order valence-electron chi connectivity index (χ3n) is 2.49. The Morgan fingerprint density at radius 1 is 1.28 bits per heavy atom. The van der Waals surface area contributed by atoms with Crippen molar-refractivity contribution in [1.29, 1.82) is 0 Å². The number of nitrogens with two attached hydrogens (primary N) is 1. The molecule has 18 heavy (non-hydrogen) atoms. The van der Waals surface area contributed by atoms with Crippen LogP contribution >= 0.6 is 0 Å². The topological polar surface area (TPSA) is 56.0 Å². The Morgan fingerprint density at radius 3 is 2.50 bits per heavy atom. The molecule has 1 aromatic carbocycles. The van der Waals surface area contributed by atoms with Crippen LogP contribution in [-0.2, 0) is 0 Å². The van der Waals surface area contributed by atoms with Gasteiger partial charge in [-0.1, -0.05) is 6.07 Å². The Bertz CT molecular complexity index is 606. The molecule has 0 aliphatic rings. The third-order valence-corrected chi connectivity index (χ3v) is 2.49. The van der Waals surface area contributed by atoms with Crippen LogP contribution in [0.15, 0.2) is 30.5 Å². The summed E-state index contributed by atoms with van der Waals surface area (Å²) in [5.74, 6) is -2.69. The standard InChI is InChI=1S/C13H10F2N2O/c1-7-5-8(13(16)17-6-7)12(18)11-9(14)3-2-4-10(11)15/h2-6H,1H3,(H2,16,17). The first-order chi connectivity index (χ1) is 8.50. The molecule has 0 spiro atoms. The zero-order valence-electron chi connectivity index (χ0n) is 9.58. The van der Waals surface area contributed by atoms with Crippen molar-refractivity contribution in [1.82, 2.24) is 4.98 Å². The summed E-state index contributed by atoms with van der Waals surface area (Å²) in [5.41, 5.74) is 5.62. The molecule has 0 amide bonds. The molecule has 92 valence electrons. The Balaban J connectivity index is 2.58. The molecule has 0 fully saturated rings. The summed E-state index contributed by atoms with van der Waals surface area (Å²) in [6.45, 7) is 1.71. The minimum Gasteiger partial charge on any atom is -0.383 e. The monoisotopic (exact) mass is 248 g/mol. The molecule has 0 saturated heterocycles. The fraction of sp³-hybridized carbons (Fsp3) is 0.0769. The van der Waals surface area contributed by atoms with Crippen molar-refractivity contribution in [2.75, 3.05) is 5.73 Å². The van der Waals surface area contributed by atoms with E-state index in [2.05, 4.69) is 4.98 Å². The van der Waals surface area contributed by atoms with Gasteiger partial charge >= 0.3 is 0 Å². The second kappa shape index (κ2) is 4.52. The van der Waals surface area contributed by atoms with Crippen molar-refractivity contribution in [2.45, 2.75) is 6.92 Å². The molecule has 2 N–H and O–H groups in total. The first-order valence-electron chi connectivity index (χ1n) is 5.21. The van der Waals surface area contributed by atoms with E-state index in [0.717, 1.165) is 12.1 Å². The van der Waals surface area contributed by atoms with Crippen molar-refractivity contribution in [2.24, 2.45) is 0 Å². The summed E-state index contributed by atoms with van der Waals surface area (Å²) in [5, 5.41) is 0. The summed E-state index contributed by atoms with van der Waals surface area (Å²) < 4.78 is 27.0. The van der Waals surface area contributed by atoms with Gasteiger partial charge in [0.25, 0.3) is 0 Å². The van der Waals surface area contributed by atoms with Crippen LogP contribution in [0.25, 0.3) is 0 Å². The van der Waals surface area contributed by atoms with E-state index in [0.29, 0.717) is 5.56 Å². The lowest BCUT2D eigenvalue weighted by atomic mass is 10.0. The molecule has 1 heterocycles. The predicted molar refractivity (Wildman–Crippen MR) is 63.2 cm³/mol. The highest BCUT2D eigenvalue weighted by Crippen LogP contribution is 2.20. The number of anilines is 1. The van der Waals surface area contributed by atoms with E-state index >= 15 is 0 Å². The van der Waals surface area contributed by atoms with Gasteiger partial charge in [-0.05, 0) is 30.7 Å². The predicted octanol–water partition coefficient (Wildman–Crippen LogP) is 2.48. The number of hydrogen-bond acceptors (Lipinski definition) is 3. The van der Waals surface area contributed by atoms with Gasteiger partial charge in [-0.3, -0.25) is 4.79 Å². The second-order valence-electron chi connectivity index (χ2n) is 3.87. The van der Waals surface area contributed by atoms with Crippen molar-refractivity contribution in [3.63, 3.8) is 0 Å². The highest BCUT2D eigenvalue weighted by atomic mass is 19.1. The Labute approximate surface area is 102 Å². The Hall–Kier alpha value is -2.30. The van der Waals surface area contributed by atoms with Crippen LogP contribution < -0.4 is 5.73 Å². The summed E-state index contributed by atoms with van der Waals surface area (Å²) in [4.78, 5) is 15.9. The van der Waals surface area contributed by atoms with E-state index in [-0.39, 0.29) is 11.4 Å². The van der Waals surface area contributed by atoms with E-state index in [1.54, 1.807) is 6.92 Å². The number of nitrogens with zero attached hydrogens (tertiary/aromatic N) is 1. The number of carbonyl (C=O) groups excluding carboxylic acids is 1. The molecule has 0 unspecified atom stereocenters. The maximum absolute atomic E-state index is 13.5. The molecule has 0 radical (unpaired) electrons. The lowest BCUT2D eigenvalue weighted by molar-refractivity contribution is 0.103. The number of halogens is 2. The Kier molecular flexibility index (Phi) is 3.06. The van der Waals surface area contributed by atoms with Gasteiger partial charge in [-0.2, -0.15) is 0 Å². The van der Waals surface area contributed by atoms with Crippen LogP contribution in [0.5, 0.6) is 0 Å². The van der Waals surface area contributed by atoms with Crippen LogP contribution in [0.2, 0.25) is 0 Å². The van der Waals surface area contributed by atoms with Gasteiger partial charge in [0.15, 0.2) is 0 Å². The average Bonchev–Trinajstić information content (AvgIpc) is 2.32. The molecule has 2 rings (SSSR count). The van der Waals surface area contributed by atoms with Crippen LogP contribution in [0.4, 0.5) is 14.6 Å². The lowest BCUT2D eigenvalue weighted by Crippen LogP contribution is -2.11. The normalized spacial score (nSPS) is 10.4. The number of benzene rings is 1. The van der Waals surface area contributed by atoms with Crippen molar-refractivity contribution in [3.05, 3.63) is 58.8 Å². The smallest absolute Gasteiger partial charge is 0.202 e. The molecule has 1 aromatic heterocycles.